The van der Waals surface area contributed by atoms with Crippen LogP contribution in [-0.4, -0.2) is 20.4 Å². The molecule has 0 aliphatic rings. The summed E-state index contributed by atoms with van der Waals surface area (Å²) in [7, 11) is -3.79. The van der Waals surface area contributed by atoms with Crippen LogP contribution in [0, 0.1) is 12.7 Å². The van der Waals surface area contributed by atoms with E-state index in [1.807, 2.05) is 6.92 Å². The molecule has 0 radical (unpaired) electrons. The first-order valence-electron chi connectivity index (χ1n) is 6.93. The van der Waals surface area contributed by atoms with Crippen LogP contribution in [0.15, 0.2) is 53.4 Å². The molecule has 2 aromatic carbocycles. The van der Waals surface area contributed by atoms with Crippen molar-refractivity contribution in [3.63, 3.8) is 0 Å². The minimum atomic E-state index is -3.79. The molecule has 0 aliphatic carbocycles. The van der Waals surface area contributed by atoms with E-state index in [4.69, 9.17) is 0 Å². The van der Waals surface area contributed by atoms with Crippen LogP contribution >= 0.6 is 0 Å². The number of hydrogen-bond acceptors (Lipinski definition) is 3. The zero-order valence-electron chi connectivity index (χ0n) is 12.7. The molecule has 0 saturated carbocycles. The zero-order valence-corrected chi connectivity index (χ0v) is 13.5. The fourth-order valence-corrected chi connectivity index (χ4v) is 3.06. The Balaban J connectivity index is 2.05. The first-order valence-corrected chi connectivity index (χ1v) is 8.42. The molecule has 23 heavy (non-hydrogen) atoms. The molecule has 0 spiro atoms. The van der Waals surface area contributed by atoms with Gasteiger partial charge < -0.3 is 5.32 Å². The van der Waals surface area contributed by atoms with Crippen LogP contribution in [0.25, 0.3) is 0 Å². The Morgan fingerprint density at radius 2 is 1.61 bits per heavy atom. The van der Waals surface area contributed by atoms with Gasteiger partial charge in [-0.25, -0.2) is 12.8 Å². The highest BCUT2D eigenvalue weighted by Crippen LogP contribution is 2.12. The summed E-state index contributed by atoms with van der Waals surface area (Å²) in [6, 6.07) is 10.5. The minimum Gasteiger partial charge on any atom is -0.325 e. The van der Waals surface area contributed by atoms with E-state index in [-0.39, 0.29) is 4.90 Å². The third-order valence-electron chi connectivity index (χ3n) is 3.17. The van der Waals surface area contributed by atoms with Gasteiger partial charge in [-0.05, 0) is 50.2 Å². The van der Waals surface area contributed by atoms with Gasteiger partial charge in [0, 0.05) is 5.69 Å². The van der Waals surface area contributed by atoms with Gasteiger partial charge in [-0.3, -0.25) is 4.79 Å². The average molecular weight is 336 g/mol. The highest BCUT2D eigenvalue weighted by molar-refractivity contribution is 7.89. The molecule has 0 aliphatic heterocycles. The van der Waals surface area contributed by atoms with E-state index in [9.17, 15) is 17.6 Å². The minimum absolute atomic E-state index is 0.0875. The van der Waals surface area contributed by atoms with Crippen molar-refractivity contribution in [1.82, 2.24) is 4.72 Å². The number of halogens is 1. The van der Waals surface area contributed by atoms with Crippen molar-refractivity contribution in [2.45, 2.75) is 24.8 Å². The van der Waals surface area contributed by atoms with Crippen LogP contribution in [-0.2, 0) is 14.8 Å². The van der Waals surface area contributed by atoms with Gasteiger partial charge in [0.05, 0.1) is 10.9 Å². The molecule has 1 atom stereocenters. The summed E-state index contributed by atoms with van der Waals surface area (Å²) in [5, 5.41) is 2.52. The molecule has 0 saturated heterocycles. The first kappa shape index (κ1) is 17.1. The quantitative estimate of drug-likeness (QED) is 0.880. The number of benzene rings is 2. The summed E-state index contributed by atoms with van der Waals surface area (Å²) in [4.78, 5) is 12.1. The third-order valence-corrected chi connectivity index (χ3v) is 4.72. The fourth-order valence-electron chi connectivity index (χ4n) is 1.86. The van der Waals surface area contributed by atoms with E-state index in [1.54, 1.807) is 12.1 Å². The first-order chi connectivity index (χ1) is 10.8. The van der Waals surface area contributed by atoms with Gasteiger partial charge in [0.1, 0.15) is 5.82 Å². The molecular weight excluding hydrogens is 319 g/mol. The molecule has 0 heterocycles. The van der Waals surface area contributed by atoms with Gasteiger partial charge in [0.2, 0.25) is 15.9 Å². The highest BCUT2D eigenvalue weighted by Gasteiger charge is 2.22. The number of amides is 1. The number of carbonyl (C=O) groups excluding carboxylic acids is 1. The molecule has 0 fully saturated rings. The summed E-state index contributed by atoms with van der Waals surface area (Å²) in [5.74, 6) is -0.955. The summed E-state index contributed by atoms with van der Waals surface area (Å²) in [5.41, 5.74) is 1.32. The third kappa shape index (κ3) is 4.61. The SMILES string of the molecule is Cc1ccc(S(=O)(=O)N[C@H](C)C(=O)Nc2ccc(F)cc2)cc1. The standard InChI is InChI=1S/C16H17FN2O3S/c1-11-3-9-15(10-4-11)23(21,22)19-12(2)16(20)18-14-7-5-13(17)6-8-14/h3-10,12,19H,1-2H3,(H,18,20)/t12-/m1/s1. The van der Waals surface area contributed by atoms with Gasteiger partial charge in [0.25, 0.3) is 0 Å². The number of sulfonamides is 1. The Bertz CT molecular complexity index is 787. The van der Waals surface area contributed by atoms with Crippen LogP contribution in [0.4, 0.5) is 10.1 Å². The lowest BCUT2D eigenvalue weighted by Gasteiger charge is -2.14. The summed E-state index contributed by atoms with van der Waals surface area (Å²) >= 11 is 0. The number of hydrogen-bond donors (Lipinski definition) is 2. The Morgan fingerprint density at radius 1 is 1.04 bits per heavy atom. The van der Waals surface area contributed by atoms with E-state index in [2.05, 4.69) is 10.0 Å². The van der Waals surface area contributed by atoms with Crippen molar-refractivity contribution in [2.24, 2.45) is 0 Å². The topological polar surface area (TPSA) is 75.3 Å². The van der Waals surface area contributed by atoms with Crippen molar-refractivity contribution in [1.29, 1.82) is 0 Å². The van der Waals surface area contributed by atoms with E-state index in [0.29, 0.717) is 5.69 Å². The molecule has 2 N–H and O–H groups in total. The number of anilines is 1. The lowest BCUT2D eigenvalue weighted by molar-refractivity contribution is -0.117. The van der Waals surface area contributed by atoms with Gasteiger partial charge in [-0.15, -0.1) is 0 Å². The maximum absolute atomic E-state index is 12.8. The number of carbonyl (C=O) groups is 1. The zero-order chi connectivity index (χ0) is 17.0. The molecule has 7 heteroatoms. The van der Waals surface area contributed by atoms with E-state index in [1.165, 1.54) is 43.3 Å². The molecule has 1 amide bonds. The normalized spacial score (nSPS) is 12.7. The molecule has 0 aromatic heterocycles. The maximum Gasteiger partial charge on any atom is 0.242 e. The maximum atomic E-state index is 12.8. The average Bonchev–Trinajstić information content (AvgIpc) is 2.49. The van der Waals surface area contributed by atoms with Gasteiger partial charge in [-0.2, -0.15) is 4.72 Å². The lowest BCUT2D eigenvalue weighted by Crippen LogP contribution is -2.41. The molecule has 2 aromatic rings. The smallest absolute Gasteiger partial charge is 0.242 e. The van der Waals surface area contributed by atoms with E-state index >= 15 is 0 Å². The van der Waals surface area contributed by atoms with Crippen LogP contribution in [0.1, 0.15) is 12.5 Å². The molecule has 0 unspecified atom stereocenters. The van der Waals surface area contributed by atoms with Crippen molar-refractivity contribution in [3.05, 3.63) is 59.9 Å². The molecule has 0 bridgehead atoms. The van der Waals surface area contributed by atoms with Crippen molar-refractivity contribution >= 4 is 21.6 Å². The van der Waals surface area contributed by atoms with Crippen LogP contribution in [0.5, 0.6) is 0 Å². The second-order valence-electron chi connectivity index (χ2n) is 5.15. The molecule has 5 nitrogen and oxygen atoms in total. The van der Waals surface area contributed by atoms with E-state index < -0.39 is 27.8 Å². The van der Waals surface area contributed by atoms with E-state index in [0.717, 1.165) is 5.56 Å². The number of aryl methyl sites for hydroxylation is 1. The molecular formula is C16H17FN2O3S. The molecule has 122 valence electrons. The van der Waals surface area contributed by atoms with Gasteiger partial charge in [-0.1, -0.05) is 17.7 Å². The Hall–Kier alpha value is -2.25. The predicted octanol–water partition coefficient (Wildman–Crippen LogP) is 2.44. The van der Waals surface area contributed by atoms with Crippen LogP contribution in [0.2, 0.25) is 0 Å². The second-order valence-corrected chi connectivity index (χ2v) is 6.87. The Labute approximate surface area is 134 Å². The van der Waals surface area contributed by atoms with Crippen LogP contribution < -0.4 is 10.0 Å². The van der Waals surface area contributed by atoms with Crippen molar-refractivity contribution < 1.29 is 17.6 Å². The summed E-state index contributed by atoms with van der Waals surface area (Å²) in [6.07, 6.45) is 0. The monoisotopic (exact) mass is 336 g/mol. The largest absolute Gasteiger partial charge is 0.325 e. The number of rotatable bonds is 5. The lowest BCUT2D eigenvalue weighted by atomic mass is 10.2. The number of nitrogens with one attached hydrogen (secondary N) is 2. The highest BCUT2D eigenvalue weighted by atomic mass is 32.2. The fraction of sp³-hybridized carbons (Fsp3) is 0.188. The predicted molar refractivity (Wildman–Crippen MR) is 86.0 cm³/mol. The summed E-state index contributed by atoms with van der Waals surface area (Å²) in [6.45, 7) is 3.28. The van der Waals surface area contributed by atoms with Crippen molar-refractivity contribution in [3.8, 4) is 0 Å². The second kappa shape index (κ2) is 6.89. The molecule has 2 rings (SSSR count). The van der Waals surface area contributed by atoms with Gasteiger partial charge >= 0.3 is 0 Å². The summed E-state index contributed by atoms with van der Waals surface area (Å²) < 4.78 is 39.6. The van der Waals surface area contributed by atoms with Gasteiger partial charge in [0.15, 0.2) is 0 Å². The Kier molecular flexibility index (Phi) is 5.12. The Morgan fingerprint density at radius 3 is 2.17 bits per heavy atom. The van der Waals surface area contributed by atoms with Crippen molar-refractivity contribution in [2.75, 3.05) is 5.32 Å². The van der Waals surface area contributed by atoms with Crippen LogP contribution in [0.3, 0.4) is 0 Å².